The van der Waals surface area contributed by atoms with Crippen molar-refractivity contribution in [1.29, 1.82) is 0 Å². The Kier molecular flexibility index (Phi) is 5.97. The first-order chi connectivity index (χ1) is 16.5. The highest BCUT2D eigenvalue weighted by Gasteiger charge is 2.27. The van der Waals surface area contributed by atoms with E-state index in [1.165, 1.54) is 0 Å². The zero-order chi connectivity index (χ0) is 23.7. The number of nitrogens with zero attached hydrogens (tertiary/aromatic N) is 1. The van der Waals surface area contributed by atoms with Gasteiger partial charge in [-0.15, -0.1) is 0 Å². The highest BCUT2D eigenvalue weighted by Crippen LogP contribution is 2.32. The van der Waals surface area contributed by atoms with Crippen LogP contribution in [0.4, 0.5) is 0 Å². The summed E-state index contributed by atoms with van der Waals surface area (Å²) in [5.74, 6) is 0.926. The maximum Gasteiger partial charge on any atom is 0.287 e. The van der Waals surface area contributed by atoms with Crippen molar-refractivity contribution in [1.82, 2.24) is 10.2 Å². The molecule has 1 saturated heterocycles. The van der Waals surface area contributed by atoms with Crippen LogP contribution in [-0.2, 0) is 0 Å². The standard InChI is InChI=1S/C28H28N2O4/c1-3-33-22-11-8-20(9-12-22)28(32)30-16-14-21(15-17-30)29-27(31)25-18(2)23-13-10-19-6-4-5-7-24(19)26(23)34-25/h4-13,21H,3,14-17H2,1-2H3,(H,29,31). The molecule has 6 nitrogen and oxygen atoms in total. The average molecular weight is 457 g/mol. The van der Waals surface area contributed by atoms with Gasteiger partial charge in [0.25, 0.3) is 11.8 Å². The molecule has 0 aliphatic carbocycles. The fraction of sp³-hybridized carbons (Fsp3) is 0.286. The quantitative estimate of drug-likeness (QED) is 0.441. The molecular formula is C28H28N2O4. The molecule has 0 radical (unpaired) electrons. The molecule has 0 spiro atoms. The molecule has 0 unspecified atom stereocenters. The van der Waals surface area contributed by atoms with Crippen LogP contribution in [0, 0.1) is 6.92 Å². The minimum Gasteiger partial charge on any atom is -0.494 e. The summed E-state index contributed by atoms with van der Waals surface area (Å²) in [6.45, 7) is 5.64. The maximum atomic E-state index is 13.1. The van der Waals surface area contributed by atoms with Crippen molar-refractivity contribution in [3.63, 3.8) is 0 Å². The van der Waals surface area contributed by atoms with Gasteiger partial charge in [-0.1, -0.05) is 36.4 Å². The molecule has 1 N–H and O–H groups in total. The molecule has 1 fully saturated rings. The summed E-state index contributed by atoms with van der Waals surface area (Å²) in [7, 11) is 0. The third kappa shape index (κ3) is 4.12. The van der Waals surface area contributed by atoms with Crippen molar-refractivity contribution in [2.24, 2.45) is 0 Å². The van der Waals surface area contributed by atoms with E-state index < -0.39 is 0 Å². The minimum absolute atomic E-state index is 0.00115. The zero-order valence-corrected chi connectivity index (χ0v) is 19.5. The summed E-state index contributed by atoms with van der Waals surface area (Å²) in [5, 5.41) is 6.16. The highest BCUT2D eigenvalue weighted by atomic mass is 16.5. The Morgan fingerprint density at radius 1 is 1.00 bits per heavy atom. The molecule has 2 heterocycles. The molecule has 6 heteroatoms. The van der Waals surface area contributed by atoms with E-state index in [2.05, 4.69) is 11.4 Å². The third-order valence-electron chi connectivity index (χ3n) is 6.56. The smallest absolute Gasteiger partial charge is 0.287 e. The molecule has 4 aromatic rings. The lowest BCUT2D eigenvalue weighted by Gasteiger charge is -2.32. The van der Waals surface area contributed by atoms with Gasteiger partial charge in [-0.05, 0) is 56.3 Å². The number of rotatable bonds is 5. The molecule has 34 heavy (non-hydrogen) atoms. The number of amides is 2. The van der Waals surface area contributed by atoms with Crippen molar-refractivity contribution in [3.8, 4) is 5.75 Å². The number of likely N-dealkylation sites (tertiary alicyclic amines) is 1. The number of carbonyl (C=O) groups is 2. The molecule has 5 rings (SSSR count). The molecule has 1 aliphatic heterocycles. The van der Waals surface area contributed by atoms with E-state index in [0.717, 1.165) is 33.1 Å². The molecule has 0 bridgehead atoms. The van der Waals surface area contributed by atoms with Gasteiger partial charge in [-0.2, -0.15) is 0 Å². The minimum atomic E-state index is -0.200. The average Bonchev–Trinajstić information content (AvgIpc) is 3.22. The van der Waals surface area contributed by atoms with Crippen molar-refractivity contribution >= 4 is 33.6 Å². The Labute approximate surface area is 198 Å². The van der Waals surface area contributed by atoms with Crippen LogP contribution >= 0.6 is 0 Å². The number of hydrogen-bond donors (Lipinski definition) is 1. The van der Waals surface area contributed by atoms with Gasteiger partial charge in [0.15, 0.2) is 5.76 Å². The predicted molar refractivity (Wildman–Crippen MR) is 132 cm³/mol. The lowest BCUT2D eigenvalue weighted by atomic mass is 10.0. The van der Waals surface area contributed by atoms with Gasteiger partial charge in [0.2, 0.25) is 0 Å². The first-order valence-electron chi connectivity index (χ1n) is 11.8. The van der Waals surface area contributed by atoms with Crippen molar-refractivity contribution < 1.29 is 18.7 Å². The second-order valence-electron chi connectivity index (χ2n) is 8.72. The van der Waals surface area contributed by atoms with Gasteiger partial charge in [0.05, 0.1) is 6.61 Å². The zero-order valence-electron chi connectivity index (χ0n) is 19.5. The van der Waals surface area contributed by atoms with Gasteiger partial charge >= 0.3 is 0 Å². The van der Waals surface area contributed by atoms with Crippen LogP contribution in [0.25, 0.3) is 21.7 Å². The fourth-order valence-corrected chi connectivity index (χ4v) is 4.69. The van der Waals surface area contributed by atoms with Gasteiger partial charge in [0, 0.05) is 41.0 Å². The van der Waals surface area contributed by atoms with Crippen LogP contribution < -0.4 is 10.1 Å². The van der Waals surface area contributed by atoms with E-state index in [1.807, 2.05) is 61.2 Å². The Hall–Kier alpha value is -3.80. The lowest BCUT2D eigenvalue weighted by Crippen LogP contribution is -2.46. The number of carbonyl (C=O) groups excluding carboxylic acids is 2. The summed E-state index contributed by atoms with van der Waals surface area (Å²) < 4.78 is 11.5. The van der Waals surface area contributed by atoms with E-state index in [9.17, 15) is 9.59 Å². The first kappa shape index (κ1) is 22.0. The van der Waals surface area contributed by atoms with Gasteiger partial charge in [-0.25, -0.2) is 0 Å². The molecule has 1 aliphatic rings. The molecule has 0 atom stereocenters. The van der Waals surface area contributed by atoms with E-state index in [-0.39, 0.29) is 17.9 Å². The second kappa shape index (κ2) is 9.21. The Bertz CT molecular complexity index is 1350. The Morgan fingerprint density at radius 2 is 1.74 bits per heavy atom. The van der Waals surface area contributed by atoms with Crippen LogP contribution in [0.15, 0.2) is 65.1 Å². The first-order valence-corrected chi connectivity index (χ1v) is 11.8. The number of furan rings is 1. The van der Waals surface area contributed by atoms with E-state index in [4.69, 9.17) is 9.15 Å². The maximum absolute atomic E-state index is 13.1. The van der Waals surface area contributed by atoms with E-state index >= 15 is 0 Å². The van der Waals surface area contributed by atoms with Crippen LogP contribution in [-0.4, -0.2) is 42.5 Å². The molecular weight excluding hydrogens is 428 g/mol. The second-order valence-corrected chi connectivity index (χ2v) is 8.72. The van der Waals surface area contributed by atoms with Crippen LogP contribution in [0.5, 0.6) is 5.75 Å². The van der Waals surface area contributed by atoms with Crippen molar-refractivity contribution in [2.45, 2.75) is 32.7 Å². The summed E-state index contributed by atoms with van der Waals surface area (Å²) in [4.78, 5) is 27.8. The van der Waals surface area contributed by atoms with Crippen LogP contribution in [0.3, 0.4) is 0 Å². The molecule has 174 valence electrons. The summed E-state index contributed by atoms with van der Waals surface area (Å²) >= 11 is 0. The number of fused-ring (bicyclic) bond motifs is 3. The number of hydrogen-bond acceptors (Lipinski definition) is 4. The highest BCUT2D eigenvalue weighted by molar-refractivity contribution is 6.08. The summed E-state index contributed by atoms with van der Waals surface area (Å²) in [5.41, 5.74) is 2.24. The monoisotopic (exact) mass is 456 g/mol. The molecule has 3 aromatic carbocycles. The Morgan fingerprint density at radius 3 is 2.47 bits per heavy atom. The van der Waals surface area contributed by atoms with E-state index in [1.54, 1.807) is 12.1 Å². The number of aryl methyl sites for hydroxylation is 1. The van der Waals surface area contributed by atoms with Gasteiger partial charge < -0.3 is 19.4 Å². The number of piperidine rings is 1. The molecule has 0 saturated carbocycles. The number of benzene rings is 3. The Balaban J connectivity index is 1.24. The summed E-state index contributed by atoms with van der Waals surface area (Å²) in [6, 6.07) is 19.3. The van der Waals surface area contributed by atoms with Gasteiger partial charge in [0.1, 0.15) is 11.3 Å². The van der Waals surface area contributed by atoms with Crippen LogP contribution in [0.1, 0.15) is 46.2 Å². The normalized spacial score (nSPS) is 14.5. The number of ether oxygens (including phenoxy) is 1. The molecule has 1 aromatic heterocycles. The molecule has 2 amide bonds. The SMILES string of the molecule is CCOc1ccc(C(=O)N2CCC(NC(=O)c3oc4c(ccc5ccccc54)c3C)CC2)cc1. The summed E-state index contributed by atoms with van der Waals surface area (Å²) in [6.07, 6.45) is 1.41. The predicted octanol–water partition coefficient (Wildman–Crippen LogP) is 5.33. The van der Waals surface area contributed by atoms with Crippen LogP contribution in [0.2, 0.25) is 0 Å². The largest absolute Gasteiger partial charge is 0.494 e. The van der Waals surface area contributed by atoms with Crippen molar-refractivity contribution in [3.05, 3.63) is 77.6 Å². The third-order valence-corrected chi connectivity index (χ3v) is 6.56. The van der Waals surface area contributed by atoms with Crippen molar-refractivity contribution in [2.75, 3.05) is 19.7 Å². The van der Waals surface area contributed by atoms with Gasteiger partial charge in [-0.3, -0.25) is 9.59 Å². The fourth-order valence-electron chi connectivity index (χ4n) is 4.69. The number of nitrogens with one attached hydrogen (secondary N) is 1. The van der Waals surface area contributed by atoms with E-state index in [0.29, 0.717) is 43.9 Å². The lowest BCUT2D eigenvalue weighted by molar-refractivity contribution is 0.0696. The topological polar surface area (TPSA) is 71.8 Å².